The Morgan fingerprint density at radius 1 is 1.52 bits per heavy atom. The van der Waals surface area contributed by atoms with E-state index in [1.807, 2.05) is 0 Å². The van der Waals surface area contributed by atoms with Crippen LogP contribution in [0.2, 0.25) is 0 Å². The van der Waals surface area contributed by atoms with E-state index in [-0.39, 0.29) is 17.3 Å². The molecule has 0 unspecified atom stereocenters. The second kappa shape index (κ2) is 7.85. The molecule has 0 aromatic carbocycles. The number of carbonyl (C=O) groups excluding carboxylic acids is 1. The summed E-state index contributed by atoms with van der Waals surface area (Å²) >= 11 is 0. The Kier molecular flexibility index (Phi) is 6.09. The summed E-state index contributed by atoms with van der Waals surface area (Å²) in [6.07, 6.45) is 5.01. The molecule has 0 aliphatic carbocycles. The van der Waals surface area contributed by atoms with Crippen molar-refractivity contribution in [1.29, 1.82) is 0 Å². The summed E-state index contributed by atoms with van der Waals surface area (Å²) < 4.78 is 25.7. The fourth-order valence-electron chi connectivity index (χ4n) is 2.72. The third-order valence-corrected chi connectivity index (χ3v) is 5.81. The Labute approximate surface area is 137 Å². The van der Waals surface area contributed by atoms with Crippen molar-refractivity contribution in [2.24, 2.45) is 5.92 Å². The topological polar surface area (TPSA) is 82.6 Å². The Hall–Kier alpha value is -1.51. The molecule has 2 heterocycles. The van der Waals surface area contributed by atoms with Crippen LogP contribution in [0.15, 0.2) is 29.4 Å². The third-order valence-electron chi connectivity index (χ3n) is 4.02. The van der Waals surface area contributed by atoms with E-state index in [9.17, 15) is 13.2 Å². The lowest BCUT2D eigenvalue weighted by Gasteiger charge is -2.29. The number of carbonyl (C=O) groups is 1. The zero-order valence-electron chi connectivity index (χ0n) is 13.6. The zero-order chi connectivity index (χ0) is 16.9. The minimum atomic E-state index is -3.68. The number of likely N-dealkylation sites (N-methyl/N-ethyl adjacent to an activating group) is 1. The Balaban J connectivity index is 1.85. The van der Waals surface area contributed by atoms with Crippen LogP contribution in [0.3, 0.4) is 0 Å². The smallest absolute Gasteiger partial charge is 0.244 e. The molecule has 1 aromatic rings. The summed E-state index contributed by atoms with van der Waals surface area (Å²) in [5.41, 5.74) is 0. The molecule has 8 heteroatoms. The number of sulfonamides is 1. The molecule has 1 aliphatic rings. The lowest BCUT2D eigenvalue weighted by atomic mass is 9.98. The highest BCUT2D eigenvalue weighted by atomic mass is 32.2. The van der Waals surface area contributed by atoms with Crippen molar-refractivity contribution in [2.45, 2.75) is 17.7 Å². The van der Waals surface area contributed by atoms with Gasteiger partial charge in [-0.15, -0.1) is 0 Å². The predicted octanol–water partition coefficient (Wildman–Crippen LogP) is 0.160. The van der Waals surface area contributed by atoms with Crippen LogP contribution < -0.4 is 5.32 Å². The van der Waals surface area contributed by atoms with Gasteiger partial charge in [-0.3, -0.25) is 9.78 Å². The van der Waals surface area contributed by atoms with E-state index in [1.165, 1.54) is 25.5 Å². The van der Waals surface area contributed by atoms with Crippen LogP contribution in [0.4, 0.5) is 0 Å². The standard InChI is InChI=1S/C15H24N4O3S/c1-18-8-4-5-13(11-18)9-17-15(20)12-19(2)23(21,22)14-6-3-7-16-10-14/h3,6-7,10,13H,4-5,8-9,11-12H2,1-2H3,(H,17,20)/t13-/m0/s1. The van der Waals surface area contributed by atoms with E-state index in [2.05, 4.69) is 22.2 Å². The van der Waals surface area contributed by atoms with Gasteiger partial charge in [0.15, 0.2) is 0 Å². The number of likely N-dealkylation sites (tertiary alicyclic amines) is 1. The van der Waals surface area contributed by atoms with Gasteiger partial charge in [0.2, 0.25) is 15.9 Å². The molecule has 7 nitrogen and oxygen atoms in total. The molecule has 0 radical (unpaired) electrons. The SMILES string of the molecule is CN1CCC[C@@H](CNC(=O)CN(C)S(=O)(=O)c2cccnc2)C1. The van der Waals surface area contributed by atoms with Crippen molar-refractivity contribution in [1.82, 2.24) is 19.5 Å². The highest BCUT2D eigenvalue weighted by molar-refractivity contribution is 7.89. The summed E-state index contributed by atoms with van der Waals surface area (Å²) in [5, 5.41) is 2.84. The molecule has 1 N–H and O–H groups in total. The van der Waals surface area contributed by atoms with Crippen LogP contribution in [0.5, 0.6) is 0 Å². The van der Waals surface area contributed by atoms with Crippen LogP contribution in [0.1, 0.15) is 12.8 Å². The number of amides is 1. The second-order valence-electron chi connectivity index (χ2n) is 6.02. The first-order valence-electron chi connectivity index (χ1n) is 7.71. The Bertz CT molecular complexity index is 621. The quantitative estimate of drug-likeness (QED) is 0.798. The van der Waals surface area contributed by atoms with Gasteiger partial charge in [-0.25, -0.2) is 8.42 Å². The number of nitrogens with one attached hydrogen (secondary N) is 1. The number of hydrogen-bond donors (Lipinski definition) is 1. The van der Waals surface area contributed by atoms with Gasteiger partial charge >= 0.3 is 0 Å². The largest absolute Gasteiger partial charge is 0.355 e. The second-order valence-corrected chi connectivity index (χ2v) is 8.07. The van der Waals surface area contributed by atoms with Gasteiger partial charge in [0.05, 0.1) is 6.54 Å². The first-order chi connectivity index (χ1) is 10.9. The van der Waals surface area contributed by atoms with Crippen molar-refractivity contribution in [3.8, 4) is 0 Å². The van der Waals surface area contributed by atoms with E-state index in [0.29, 0.717) is 12.5 Å². The van der Waals surface area contributed by atoms with Crippen LogP contribution in [0, 0.1) is 5.92 Å². The summed E-state index contributed by atoms with van der Waals surface area (Å²) in [6, 6.07) is 3.02. The molecule has 0 spiro atoms. The molecule has 1 aliphatic heterocycles. The Morgan fingerprint density at radius 3 is 2.96 bits per heavy atom. The summed E-state index contributed by atoms with van der Waals surface area (Å²) in [5.74, 6) is 0.145. The number of aromatic nitrogens is 1. The lowest BCUT2D eigenvalue weighted by molar-refractivity contribution is -0.121. The minimum absolute atomic E-state index is 0.0872. The van der Waals surface area contributed by atoms with Crippen molar-refractivity contribution >= 4 is 15.9 Å². The molecule has 23 heavy (non-hydrogen) atoms. The van der Waals surface area contributed by atoms with Crippen molar-refractivity contribution in [3.63, 3.8) is 0 Å². The average molecular weight is 340 g/mol. The van der Waals surface area contributed by atoms with Crippen LogP contribution >= 0.6 is 0 Å². The van der Waals surface area contributed by atoms with Crippen molar-refractivity contribution in [3.05, 3.63) is 24.5 Å². The molecule has 0 saturated carbocycles. The number of piperidine rings is 1. The maximum Gasteiger partial charge on any atom is 0.244 e. The van der Waals surface area contributed by atoms with Gasteiger partial charge in [-0.2, -0.15) is 4.31 Å². The normalized spacial score (nSPS) is 19.7. The maximum atomic E-state index is 12.3. The van der Waals surface area contributed by atoms with Crippen molar-refractivity contribution < 1.29 is 13.2 Å². The first kappa shape index (κ1) is 17.8. The fourth-order valence-corrected chi connectivity index (χ4v) is 3.81. The fraction of sp³-hybridized carbons (Fsp3) is 0.600. The average Bonchev–Trinajstić information content (AvgIpc) is 2.54. The molecule has 0 bridgehead atoms. The van der Waals surface area contributed by atoms with E-state index < -0.39 is 10.0 Å². The van der Waals surface area contributed by atoms with Crippen LogP contribution in [-0.2, 0) is 14.8 Å². The molecule has 1 amide bonds. The van der Waals surface area contributed by atoms with Gasteiger partial charge in [0.25, 0.3) is 0 Å². The van der Waals surface area contributed by atoms with E-state index >= 15 is 0 Å². The molecular formula is C15H24N4O3S. The first-order valence-corrected chi connectivity index (χ1v) is 9.15. The van der Waals surface area contributed by atoms with Crippen LogP contribution in [-0.4, -0.2) is 68.8 Å². The van der Waals surface area contributed by atoms with Gasteiger partial charge in [0.1, 0.15) is 4.90 Å². The summed E-state index contributed by atoms with van der Waals surface area (Å²) in [7, 11) is -0.213. The molecule has 1 aromatic heterocycles. The predicted molar refractivity (Wildman–Crippen MR) is 87.3 cm³/mol. The zero-order valence-corrected chi connectivity index (χ0v) is 14.4. The molecule has 1 fully saturated rings. The van der Waals surface area contributed by atoms with Gasteiger partial charge < -0.3 is 10.2 Å². The van der Waals surface area contributed by atoms with E-state index in [4.69, 9.17) is 0 Å². The molecule has 1 saturated heterocycles. The van der Waals surface area contributed by atoms with Gasteiger partial charge in [0, 0.05) is 32.5 Å². The Morgan fingerprint density at radius 2 is 2.30 bits per heavy atom. The molecule has 2 rings (SSSR count). The lowest BCUT2D eigenvalue weighted by Crippen LogP contribution is -2.43. The van der Waals surface area contributed by atoms with Gasteiger partial charge in [-0.1, -0.05) is 0 Å². The highest BCUT2D eigenvalue weighted by Gasteiger charge is 2.24. The number of nitrogens with zero attached hydrogens (tertiary/aromatic N) is 3. The molecular weight excluding hydrogens is 316 g/mol. The summed E-state index contributed by atoms with van der Waals surface area (Å²) in [4.78, 5) is 18.2. The molecule has 128 valence electrons. The van der Waals surface area contributed by atoms with Crippen molar-refractivity contribution in [2.75, 3.05) is 40.3 Å². The monoisotopic (exact) mass is 340 g/mol. The number of pyridine rings is 1. The minimum Gasteiger partial charge on any atom is -0.355 e. The number of hydrogen-bond acceptors (Lipinski definition) is 5. The highest BCUT2D eigenvalue weighted by Crippen LogP contribution is 2.14. The maximum absolute atomic E-state index is 12.3. The third kappa shape index (κ3) is 4.98. The summed E-state index contributed by atoms with van der Waals surface area (Å²) in [6.45, 7) is 2.45. The van der Waals surface area contributed by atoms with Gasteiger partial charge in [-0.05, 0) is 44.5 Å². The van der Waals surface area contributed by atoms with E-state index in [1.54, 1.807) is 6.07 Å². The number of rotatable bonds is 6. The van der Waals surface area contributed by atoms with E-state index in [0.717, 1.165) is 30.2 Å². The molecule has 1 atom stereocenters. The van der Waals surface area contributed by atoms with Crippen LogP contribution in [0.25, 0.3) is 0 Å².